The van der Waals surface area contributed by atoms with E-state index in [1.54, 1.807) is 30.3 Å². The van der Waals surface area contributed by atoms with E-state index >= 15 is 0 Å². The van der Waals surface area contributed by atoms with Crippen LogP contribution in [0.3, 0.4) is 0 Å². The van der Waals surface area contributed by atoms with Crippen molar-refractivity contribution in [1.82, 2.24) is 5.32 Å². The molecule has 0 aliphatic carbocycles. The van der Waals surface area contributed by atoms with Crippen molar-refractivity contribution < 1.29 is 47.3 Å². The van der Waals surface area contributed by atoms with Gasteiger partial charge in [-0.2, -0.15) is 13.2 Å². The van der Waals surface area contributed by atoms with Crippen LogP contribution in [0.25, 0.3) is 0 Å². The number of nitrogens with two attached hydrogens (primary N) is 1. The minimum atomic E-state index is -5.08. The van der Waals surface area contributed by atoms with E-state index < -0.39 is 29.9 Å². The number of hydrogen-bond donors (Lipinski definition) is 6. The molecule has 0 fully saturated rings. The number of carboxylic acid groups (broad SMARTS) is 2. The van der Waals surface area contributed by atoms with Gasteiger partial charge in [-0.15, -0.1) is 0 Å². The van der Waals surface area contributed by atoms with Crippen LogP contribution in [0, 0.1) is 5.41 Å². The van der Waals surface area contributed by atoms with Gasteiger partial charge in [0.15, 0.2) is 0 Å². The van der Waals surface area contributed by atoms with Crippen LogP contribution in [-0.2, 0) is 19.2 Å². The van der Waals surface area contributed by atoms with Crippen LogP contribution in [0.2, 0.25) is 0 Å². The van der Waals surface area contributed by atoms with Crippen LogP contribution < -0.4 is 21.1 Å². The molecule has 0 aliphatic rings. The Hall–Kier alpha value is -4.14. The second-order valence-electron chi connectivity index (χ2n) is 8.20. The summed E-state index contributed by atoms with van der Waals surface area (Å²) in [5.74, 6) is -3.89. The Labute approximate surface area is 235 Å². The summed E-state index contributed by atoms with van der Waals surface area (Å²) in [6.45, 7) is 2.22. The van der Waals surface area contributed by atoms with Gasteiger partial charge in [0.2, 0.25) is 11.8 Å². The van der Waals surface area contributed by atoms with Crippen molar-refractivity contribution in [2.24, 2.45) is 5.73 Å². The van der Waals surface area contributed by atoms with Gasteiger partial charge in [0.25, 0.3) is 0 Å². The molecule has 15 heteroatoms. The molecule has 0 aromatic heterocycles. The third kappa shape index (κ3) is 13.1. The first-order valence-electron chi connectivity index (χ1n) is 11.6. The molecule has 0 spiro atoms. The van der Waals surface area contributed by atoms with Gasteiger partial charge in [-0.3, -0.25) is 19.8 Å². The number of unbranched alkanes of at least 4 members (excludes halogenated alkanes) is 1. The maximum Gasteiger partial charge on any atom is 0.490 e. The summed E-state index contributed by atoms with van der Waals surface area (Å²) >= 11 is 3.45. The Kier molecular flexibility index (Phi) is 13.6. The summed E-state index contributed by atoms with van der Waals surface area (Å²) < 4.78 is 38.1. The Bertz CT molecular complexity index is 1210. The van der Waals surface area contributed by atoms with Gasteiger partial charge < -0.3 is 31.3 Å². The van der Waals surface area contributed by atoms with Crippen molar-refractivity contribution in [3.63, 3.8) is 0 Å². The molecule has 2 aromatic carbocycles. The van der Waals surface area contributed by atoms with Crippen LogP contribution in [0.5, 0.6) is 5.75 Å². The van der Waals surface area contributed by atoms with Crippen molar-refractivity contribution in [2.45, 2.75) is 44.8 Å². The maximum absolute atomic E-state index is 12.3. The summed E-state index contributed by atoms with van der Waals surface area (Å²) in [6.07, 6.45) is -4.12. The number of amidine groups is 1. The van der Waals surface area contributed by atoms with E-state index in [0.717, 1.165) is 5.56 Å². The molecule has 0 aliphatic heterocycles. The molecule has 40 heavy (non-hydrogen) atoms. The number of rotatable bonds is 12. The third-order valence-electron chi connectivity index (χ3n) is 4.92. The zero-order valence-corrected chi connectivity index (χ0v) is 22.8. The SMILES string of the molecule is C[C@H](NC(=O)CC(=O)Nc1ccc(C(=N)N)cc1)c1ccc(OCCCCC(=O)O)c(Br)c1.O=C(O)C(F)(F)F. The van der Waals surface area contributed by atoms with E-state index in [-0.39, 0.29) is 24.7 Å². The zero-order valence-electron chi connectivity index (χ0n) is 21.2. The highest BCUT2D eigenvalue weighted by Crippen LogP contribution is 2.28. The predicted molar refractivity (Wildman–Crippen MR) is 142 cm³/mol. The standard InChI is InChI=1S/C23H27BrN4O5.C2HF3O2/c1-14(16-7-10-19(18(24)12-16)33-11-3-2-4-22(31)32)27-20(29)13-21(30)28-17-8-5-15(6-9-17)23(25)26;3-2(4,5)1(6)7/h5-10,12,14H,2-4,11,13H2,1H3,(H3,25,26)(H,27,29)(H,28,30)(H,31,32);(H,6,7)/t14-;/m0./s1. The van der Waals surface area contributed by atoms with Crippen LogP contribution >= 0.6 is 15.9 Å². The predicted octanol–water partition coefficient (Wildman–Crippen LogP) is 4.21. The van der Waals surface area contributed by atoms with Gasteiger partial charge in [0, 0.05) is 17.7 Å². The Morgan fingerprint density at radius 3 is 2.15 bits per heavy atom. The molecule has 7 N–H and O–H groups in total. The molecular weight excluding hydrogens is 605 g/mol. The number of carbonyl (C=O) groups excluding carboxylic acids is 2. The van der Waals surface area contributed by atoms with Gasteiger partial charge in [-0.05, 0) is 77.7 Å². The highest BCUT2D eigenvalue weighted by atomic mass is 79.9. The lowest BCUT2D eigenvalue weighted by Crippen LogP contribution is -2.30. The molecule has 1 atom stereocenters. The Morgan fingerprint density at radius 1 is 1.05 bits per heavy atom. The summed E-state index contributed by atoms with van der Waals surface area (Å²) in [7, 11) is 0. The fourth-order valence-corrected chi connectivity index (χ4v) is 3.43. The van der Waals surface area contributed by atoms with Gasteiger partial charge >= 0.3 is 18.1 Å². The average molecular weight is 633 g/mol. The number of alkyl halides is 3. The topological polar surface area (TPSA) is 192 Å². The van der Waals surface area contributed by atoms with Gasteiger partial charge in [0.1, 0.15) is 18.0 Å². The number of hydrogen-bond acceptors (Lipinski definition) is 6. The zero-order chi connectivity index (χ0) is 30.5. The number of ether oxygens (including phenoxy) is 1. The van der Waals surface area contributed by atoms with Crippen LogP contribution in [0.1, 0.15) is 49.8 Å². The number of anilines is 1. The van der Waals surface area contributed by atoms with E-state index in [1.807, 2.05) is 19.1 Å². The molecule has 0 saturated heterocycles. The number of carbonyl (C=O) groups is 4. The summed E-state index contributed by atoms with van der Waals surface area (Å²) in [5.41, 5.74) is 7.28. The van der Waals surface area contributed by atoms with Crippen molar-refractivity contribution in [3.8, 4) is 5.75 Å². The maximum atomic E-state index is 12.3. The minimum absolute atomic E-state index is 0.0665. The van der Waals surface area contributed by atoms with Gasteiger partial charge in [0.05, 0.1) is 17.1 Å². The number of carboxylic acids is 2. The highest BCUT2D eigenvalue weighted by Gasteiger charge is 2.38. The summed E-state index contributed by atoms with van der Waals surface area (Å²) in [6, 6.07) is 11.5. The smallest absolute Gasteiger partial charge is 0.490 e. The fourth-order valence-electron chi connectivity index (χ4n) is 2.92. The first-order valence-corrected chi connectivity index (χ1v) is 12.4. The summed E-state index contributed by atoms with van der Waals surface area (Å²) in [4.78, 5) is 43.8. The molecule has 0 bridgehead atoms. The molecular formula is C25H28BrF3N4O7. The third-order valence-corrected chi connectivity index (χ3v) is 5.54. The molecule has 0 heterocycles. The second-order valence-corrected chi connectivity index (χ2v) is 9.05. The molecule has 218 valence electrons. The monoisotopic (exact) mass is 632 g/mol. The minimum Gasteiger partial charge on any atom is -0.492 e. The van der Waals surface area contributed by atoms with Gasteiger partial charge in [-0.1, -0.05) is 6.07 Å². The first-order chi connectivity index (χ1) is 18.6. The lowest BCUT2D eigenvalue weighted by molar-refractivity contribution is -0.192. The molecule has 2 amide bonds. The lowest BCUT2D eigenvalue weighted by atomic mass is 10.1. The van der Waals surface area contributed by atoms with Crippen molar-refractivity contribution in [1.29, 1.82) is 5.41 Å². The number of amides is 2. The normalized spacial score (nSPS) is 11.3. The Morgan fingerprint density at radius 2 is 1.65 bits per heavy atom. The van der Waals surface area contributed by atoms with E-state index in [4.69, 9.17) is 30.9 Å². The van der Waals surface area contributed by atoms with Gasteiger partial charge in [-0.25, -0.2) is 4.79 Å². The Balaban J connectivity index is 0.00000101. The number of nitrogen functional groups attached to an aromatic ring is 1. The molecule has 11 nitrogen and oxygen atoms in total. The van der Waals surface area contributed by atoms with E-state index in [0.29, 0.717) is 40.9 Å². The molecule has 0 saturated carbocycles. The van der Waals surface area contributed by atoms with E-state index in [9.17, 15) is 27.6 Å². The first kappa shape index (κ1) is 33.9. The second kappa shape index (κ2) is 16.1. The average Bonchev–Trinajstić information content (AvgIpc) is 2.84. The van der Waals surface area contributed by atoms with Crippen molar-refractivity contribution in [2.75, 3.05) is 11.9 Å². The van der Waals surface area contributed by atoms with Crippen LogP contribution in [-0.4, -0.2) is 52.6 Å². The van der Waals surface area contributed by atoms with Crippen LogP contribution in [0.4, 0.5) is 18.9 Å². The number of benzene rings is 2. The number of aliphatic carboxylic acids is 2. The molecule has 0 radical (unpaired) electrons. The fraction of sp³-hybridized carbons (Fsp3) is 0.320. The molecule has 2 rings (SSSR count). The van der Waals surface area contributed by atoms with E-state index in [2.05, 4.69) is 26.6 Å². The lowest BCUT2D eigenvalue weighted by Gasteiger charge is -2.16. The number of halogens is 4. The quantitative estimate of drug-likeness (QED) is 0.0867. The van der Waals surface area contributed by atoms with Crippen molar-refractivity contribution >= 4 is 51.2 Å². The summed E-state index contributed by atoms with van der Waals surface area (Å²) in [5, 5.41) is 28.6. The van der Waals surface area contributed by atoms with Crippen LogP contribution in [0.15, 0.2) is 46.9 Å². The molecule has 2 aromatic rings. The van der Waals surface area contributed by atoms with E-state index in [1.165, 1.54) is 0 Å². The highest BCUT2D eigenvalue weighted by molar-refractivity contribution is 9.10. The molecule has 0 unspecified atom stereocenters. The number of nitrogens with one attached hydrogen (secondary N) is 3. The largest absolute Gasteiger partial charge is 0.492 e. The van der Waals surface area contributed by atoms with Crippen molar-refractivity contribution in [3.05, 3.63) is 58.1 Å².